The third-order valence-electron chi connectivity index (χ3n) is 3.60. The predicted octanol–water partition coefficient (Wildman–Crippen LogP) is 3.56. The molecule has 0 aromatic carbocycles. The van der Waals surface area contributed by atoms with Crippen LogP contribution in [-0.4, -0.2) is 57.3 Å². The van der Waals surface area contributed by atoms with Crippen molar-refractivity contribution in [2.45, 2.75) is 23.6 Å². The van der Waals surface area contributed by atoms with Gasteiger partial charge < -0.3 is 25.7 Å². The van der Waals surface area contributed by atoms with Gasteiger partial charge in [0, 0.05) is 73.3 Å². The monoisotopic (exact) mass is 626 g/mol. The van der Waals surface area contributed by atoms with Crippen LogP contribution in [0, 0.1) is 51.0 Å². The largest absolute Gasteiger partial charge is 0.482 e. The summed E-state index contributed by atoms with van der Waals surface area (Å²) in [5, 5.41) is 10.9. The van der Waals surface area contributed by atoms with Crippen molar-refractivity contribution >= 4 is 29.2 Å². The Balaban J connectivity index is 0.00000300. The van der Waals surface area contributed by atoms with Gasteiger partial charge in [-0.3, -0.25) is 5.10 Å². The van der Waals surface area contributed by atoms with E-state index in [9.17, 15) is 0 Å². The number of hydrogen-bond acceptors (Lipinski definition) is 8. The minimum Gasteiger partial charge on any atom is -0.482 e. The van der Waals surface area contributed by atoms with Crippen LogP contribution in [0.25, 0.3) is 5.73 Å². The molecule has 0 aliphatic carbocycles. The molecule has 0 spiro atoms. The normalized spacial score (nSPS) is 10.8. The number of anilines is 2. The molecule has 151 valence electrons. The summed E-state index contributed by atoms with van der Waals surface area (Å²) >= 11 is 1.38. The van der Waals surface area contributed by atoms with E-state index in [1.807, 2.05) is 39.2 Å². The van der Waals surface area contributed by atoms with Crippen LogP contribution in [0.3, 0.4) is 0 Å². The Hall–Kier alpha value is -1.25. The number of nitrogens with zero attached hydrogens (tertiary/aromatic N) is 5. The van der Waals surface area contributed by atoms with E-state index in [0.717, 1.165) is 22.8 Å². The van der Waals surface area contributed by atoms with Crippen molar-refractivity contribution in [1.82, 2.24) is 30.0 Å². The summed E-state index contributed by atoms with van der Waals surface area (Å²) in [6, 6.07) is 7.23. The van der Waals surface area contributed by atoms with Gasteiger partial charge in [-0.25, -0.2) is 9.97 Å². The van der Waals surface area contributed by atoms with Gasteiger partial charge in [-0.2, -0.15) is 5.10 Å². The SMILES string of the molecule is Cc1cc(Nc2cc(COCCN(C)C)nc(Sc3ccc([NH-])nc3)n2)n[nH]1.[Ac]. The van der Waals surface area contributed by atoms with Gasteiger partial charge >= 0.3 is 0 Å². The minimum atomic E-state index is 0. The summed E-state index contributed by atoms with van der Waals surface area (Å²) in [5.74, 6) is 1.55. The Morgan fingerprint density at radius 2 is 2.03 bits per heavy atom. The molecule has 0 fully saturated rings. The van der Waals surface area contributed by atoms with Crippen LogP contribution >= 0.6 is 11.8 Å². The third-order valence-corrected chi connectivity index (χ3v) is 4.44. The Morgan fingerprint density at radius 3 is 2.69 bits per heavy atom. The Morgan fingerprint density at radius 1 is 1.21 bits per heavy atom. The summed E-state index contributed by atoms with van der Waals surface area (Å²) in [6.07, 6.45) is 1.64. The van der Waals surface area contributed by atoms with Crippen molar-refractivity contribution in [2.24, 2.45) is 0 Å². The number of rotatable bonds is 9. The summed E-state index contributed by atoms with van der Waals surface area (Å²) < 4.78 is 5.73. The molecular formula is C18H23AcN8OS-. The molecule has 0 aliphatic heterocycles. The fourth-order valence-electron chi connectivity index (χ4n) is 2.24. The van der Waals surface area contributed by atoms with Crippen LogP contribution in [0.4, 0.5) is 17.5 Å². The van der Waals surface area contributed by atoms with Crippen LogP contribution in [0.5, 0.6) is 0 Å². The molecule has 0 saturated carbocycles. The molecule has 0 bridgehead atoms. The molecule has 29 heavy (non-hydrogen) atoms. The topological polar surface area (TPSA) is 116 Å². The zero-order chi connectivity index (χ0) is 19.9. The van der Waals surface area contributed by atoms with Crippen LogP contribution in [0.2, 0.25) is 0 Å². The van der Waals surface area contributed by atoms with Gasteiger partial charge in [0.2, 0.25) is 0 Å². The van der Waals surface area contributed by atoms with E-state index in [1.165, 1.54) is 11.8 Å². The third kappa shape index (κ3) is 8.18. The van der Waals surface area contributed by atoms with Crippen LogP contribution in [0.1, 0.15) is 11.4 Å². The van der Waals surface area contributed by atoms with E-state index >= 15 is 0 Å². The maximum Gasteiger partial charge on any atom is 0.194 e. The van der Waals surface area contributed by atoms with Crippen molar-refractivity contribution < 1.29 is 48.8 Å². The van der Waals surface area contributed by atoms with Crippen LogP contribution in [0.15, 0.2) is 40.5 Å². The van der Waals surface area contributed by atoms with E-state index in [4.69, 9.17) is 10.5 Å². The first-order valence-electron chi connectivity index (χ1n) is 8.73. The number of nitrogens with one attached hydrogen (secondary N) is 3. The van der Waals surface area contributed by atoms with E-state index in [1.54, 1.807) is 12.3 Å². The van der Waals surface area contributed by atoms with Gasteiger partial charge in [-0.1, -0.05) is 29.8 Å². The van der Waals surface area contributed by atoms with Gasteiger partial charge in [-0.15, -0.1) is 0 Å². The summed E-state index contributed by atoms with van der Waals surface area (Å²) in [4.78, 5) is 16.1. The van der Waals surface area contributed by atoms with Gasteiger partial charge in [0.15, 0.2) is 11.0 Å². The molecule has 1 radical (unpaired) electrons. The standard InChI is InChI=1S/C18H23N8OS.Ac/c1-12-8-17(25-24-12)22-16-9-13(11-27-7-6-26(2)3)21-18(23-16)28-14-4-5-15(19)20-10-14;/h4-5,8-10H,6-7,11H2,1-3H3,(H3-,19,20,21,22,23,24,25);/q-1;. The van der Waals surface area contributed by atoms with Gasteiger partial charge in [0.25, 0.3) is 0 Å². The molecule has 3 heterocycles. The maximum atomic E-state index is 7.50. The van der Waals surface area contributed by atoms with E-state index in [0.29, 0.717) is 30.0 Å². The molecule has 0 aliphatic rings. The van der Waals surface area contributed by atoms with Crippen molar-refractivity contribution in [3.63, 3.8) is 0 Å². The number of aromatic nitrogens is 5. The quantitative estimate of drug-likeness (QED) is 0.274. The van der Waals surface area contributed by atoms with Crippen molar-refractivity contribution in [3.05, 3.63) is 47.6 Å². The first kappa shape index (κ1) is 24.0. The fourth-order valence-corrected chi connectivity index (χ4v) is 3.00. The van der Waals surface area contributed by atoms with Crippen LogP contribution in [-0.2, 0) is 11.3 Å². The van der Waals surface area contributed by atoms with Gasteiger partial charge in [0.05, 0.1) is 18.9 Å². The molecule has 11 heteroatoms. The number of H-pyrrole nitrogens is 1. The summed E-state index contributed by atoms with van der Waals surface area (Å²) in [7, 11) is 4.01. The molecule has 0 saturated heterocycles. The van der Waals surface area contributed by atoms with Crippen molar-refractivity contribution in [1.29, 1.82) is 0 Å². The average molecular weight is 627 g/mol. The van der Waals surface area contributed by atoms with E-state index in [-0.39, 0.29) is 49.9 Å². The Bertz CT molecular complexity index is 903. The molecule has 0 amide bonds. The summed E-state index contributed by atoms with van der Waals surface area (Å²) in [5.41, 5.74) is 9.23. The number of likely N-dealkylation sites (N-methyl/N-ethyl adjacent to an activating group) is 1. The molecule has 0 unspecified atom stereocenters. The zero-order valence-corrected chi connectivity index (χ0v) is 22.2. The van der Waals surface area contributed by atoms with E-state index < -0.39 is 0 Å². The number of aromatic amines is 1. The fraction of sp³-hybridized carbons (Fsp3) is 0.333. The second-order valence-corrected chi connectivity index (χ2v) is 7.47. The Labute approximate surface area is 210 Å². The van der Waals surface area contributed by atoms with Crippen LogP contribution < -0.4 is 5.32 Å². The second-order valence-electron chi connectivity index (χ2n) is 6.43. The number of ether oxygens (including phenoxy) is 1. The predicted molar refractivity (Wildman–Crippen MR) is 109 cm³/mol. The van der Waals surface area contributed by atoms with Gasteiger partial charge in [0.1, 0.15) is 5.82 Å². The number of aryl methyl sites for hydroxylation is 1. The van der Waals surface area contributed by atoms with Gasteiger partial charge in [-0.05, 0) is 27.1 Å². The molecule has 0 atom stereocenters. The molecule has 3 aromatic heterocycles. The molecular weight excluding hydrogens is 603 g/mol. The maximum absolute atomic E-state index is 7.50. The molecule has 3 N–H and O–H groups in total. The number of pyridine rings is 1. The first-order valence-corrected chi connectivity index (χ1v) is 9.54. The zero-order valence-electron chi connectivity index (χ0n) is 16.6. The van der Waals surface area contributed by atoms with Crippen molar-refractivity contribution in [3.8, 4) is 0 Å². The number of hydrogen-bond donors (Lipinski definition) is 2. The Kier molecular flexibility index (Phi) is 9.79. The van der Waals surface area contributed by atoms with E-state index in [2.05, 4.69) is 35.4 Å². The molecule has 3 aromatic rings. The molecule has 3 rings (SSSR count). The van der Waals surface area contributed by atoms with Crippen molar-refractivity contribution in [2.75, 3.05) is 32.6 Å². The average Bonchev–Trinajstić information content (AvgIpc) is 3.05. The summed E-state index contributed by atoms with van der Waals surface area (Å²) in [6.45, 7) is 3.79. The first-order chi connectivity index (χ1) is 13.5. The second kappa shape index (κ2) is 11.8. The smallest absolute Gasteiger partial charge is 0.194 e. The minimum absolute atomic E-state index is 0. The molecule has 9 nitrogen and oxygen atoms in total.